The van der Waals surface area contributed by atoms with E-state index in [1.165, 1.54) is 16.0 Å². The van der Waals surface area contributed by atoms with E-state index in [0.29, 0.717) is 13.2 Å². The Morgan fingerprint density at radius 3 is 3.00 bits per heavy atom. The van der Waals surface area contributed by atoms with Gasteiger partial charge in [-0.2, -0.15) is 0 Å². The number of hydrogen-bond acceptors (Lipinski definition) is 4. The molecule has 1 aromatic heterocycles. The van der Waals surface area contributed by atoms with Crippen LogP contribution < -0.4 is 10.2 Å². The van der Waals surface area contributed by atoms with Crippen molar-refractivity contribution in [1.82, 2.24) is 5.32 Å². The average Bonchev–Trinajstić information content (AvgIpc) is 3.21. The third-order valence-corrected chi connectivity index (χ3v) is 5.19. The van der Waals surface area contributed by atoms with Crippen molar-refractivity contribution in [3.63, 3.8) is 0 Å². The molecule has 1 aliphatic rings. The summed E-state index contributed by atoms with van der Waals surface area (Å²) in [4.78, 5) is 14.8. The summed E-state index contributed by atoms with van der Waals surface area (Å²) < 4.78 is 5.01. The first-order valence-electron chi connectivity index (χ1n) is 8.02. The molecule has 1 aliphatic heterocycles. The predicted molar refractivity (Wildman–Crippen MR) is 94.1 cm³/mol. The molecule has 1 saturated heterocycles. The summed E-state index contributed by atoms with van der Waals surface area (Å²) in [5.41, 5.74) is 3.50. The first-order valence-corrected chi connectivity index (χ1v) is 8.90. The third-order valence-electron chi connectivity index (χ3n) is 4.23. The van der Waals surface area contributed by atoms with Crippen LogP contribution in [0, 0.1) is 0 Å². The Hall–Kier alpha value is -1.85. The van der Waals surface area contributed by atoms with Crippen LogP contribution in [0.3, 0.4) is 0 Å². The molecule has 0 spiro atoms. The molecule has 0 aliphatic carbocycles. The lowest BCUT2D eigenvalue weighted by Crippen LogP contribution is -2.24. The summed E-state index contributed by atoms with van der Waals surface area (Å²) in [6.45, 7) is 6.31. The maximum Gasteiger partial charge on any atom is 0.414 e. The first-order chi connectivity index (χ1) is 11.2. The van der Waals surface area contributed by atoms with Crippen LogP contribution in [-0.4, -0.2) is 19.2 Å². The number of rotatable bonds is 6. The van der Waals surface area contributed by atoms with Crippen molar-refractivity contribution in [3.8, 4) is 0 Å². The lowest BCUT2D eigenvalue weighted by Gasteiger charge is -2.18. The zero-order valence-corrected chi connectivity index (χ0v) is 14.4. The smallest absolute Gasteiger partial charge is 0.414 e. The van der Waals surface area contributed by atoms with E-state index in [4.69, 9.17) is 4.74 Å². The molecule has 1 amide bonds. The van der Waals surface area contributed by atoms with Crippen LogP contribution in [0.2, 0.25) is 0 Å². The number of amides is 1. The van der Waals surface area contributed by atoms with Gasteiger partial charge in [0.15, 0.2) is 0 Å². The van der Waals surface area contributed by atoms with Gasteiger partial charge >= 0.3 is 6.09 Å². The van der Waals surface area contributed by atoms with Crippen LogP contribution in [0.25, 0.3) is 0 Å². The molecule has 1 fully saturated rings. The highest BCUT2D eigenvalue weighted by Crippen LogP contribution is 2.24. The molecule has 0 bridgehead atoms. The van der Waals surface area contributed by atoms with Crippen LogP contribution >= 0.6 is 11.3 Å². The molecule has 1 aromatic carbocycles. The molecule has 2 heterocycles. The molecule has 1 N–H and O–H groups in total. The number of benzene rings is 1. The van der Waals surface area contributed by atoms with E-state index in [2.05, 4.69) is 42.7 Å². The predicted octanol–water partition coefficient (Wildman–Crippen LogP) is 4.12. The lowest BCUT2D eigenvalue weighted by atomic mass is 10.1. The minimum Gasteiger partial charge on any atom is -0.447 e. The van der Waals surface area contributed by atoms with Gasteiger partial charge in [0.25, 0.3) is 0 Å². The van der Waals surface area contributed by atoms with E-state index in [1.807, 2.05) is 12.1 Å². The molecular formula is C18H22N2O2S. The highest BCUT2D eigenvalue weighted by Gasteiger charge is 2.23. The monoisotopic (exact) mass is 330 g/mol. The number of carbonyl (C=O) groups excluding carboxylic acids is 1. The Bertz CT molecular complexity index is 683. The number of hydrogen-bond donors (Lipinski definition) is 1. The van der Waals surface area contributed by atoms with Gasteiger partial charge in [-0.1, -0.05) is 19.1 Å². The minimum atomic E-state index is -0.256. The largest absolute Gasteiger partial charge is 0.447 e. The molecule has 122 valence electrons. The summed E-state index contributed by atoms with van der Waals surface area (Å²) in [5.74, 6) is 0. The van der Waals surface area contributed by atoms with Gasteiger partial charge in [-0.15, -0.1) is 11.3 Å². The van der Waals surface area contributed by atoms with Gasteiger partial charge in [0.2, 0.25) is 0 Å². The van der Waals surface area contributed by atoms with Gasteiger partial charge in [0.1, 0.15) is 6.61 Å². The number of thiophene rings is 1. The number of cyclic esters (lactones) is 1. The molecular weight excluding hydrogens is 308 g/mol. The van der Waals surface area contributed by atoms with E-state index < -0.39 is 0 Å². The minimum absolute atomic E-state index is 0.223. The van der Waals surface area contributed by atoms with Crippen molar-refractivity contribution in [2.24, 2.45) is 0 Å². The standard InChI is InChI=1S/C18H22N2O2S/c1-3-14-7-10-23-17(14)12-19-13(2)15-5-4-6-16(11-15)20-8-9-22-18(20)21/h4-7,10-11,13,19H,3,8-9,12H2,1-2H3/t13-/m1/s1. The third kappa shape index (κ3) is 3.57. The Morgan fingerprint density at radius 2 is 2.26 bits per heavy atom. The zero-order chi connectivity index (χ0) is 16.2. The molecule has 0 radical (unpaired) electrons. The summed E-state index contributed by atoms with van der Waals surface area (Å²) in [6.07, 6.45) is 0.815. The SMILES string of the molecule is CCc1ccsc1CN[C@H](C)c1cccc(N2CCOC2=O)c1. The van der Waals surface area contributed by atoms with Crippen molar-refractivity contribution >= 4 is 23.1 Å². The Kier molecular flexibility index (Phi) is 4.98. The van der Waals surface area contributed by atoms with E-state index >= 15 is 0 Å². The number of aryl methyl sites for hydroxylation is 1. The van der Waals surface area contributed by atoms with Crippen molar-refractivity contribution in [2.45, 2.75) is 32.9 Å². The van der Waals surface area contributed by atoms with Crippen molar-refractivity contribution in [3.05, 3.63) is 51.7 Å². The quantitative estimate of drug-likeness (QED) is 0.866. The van der Waals surface area contributed by atoms with E-state index in [0.717, 1.165) is 18.7 Å². The summed E-state index contributed by atoms with van der Waals surface area (Å²) in [5, 5.41) is 5.73. The number of ether oxygens (including phenoxy) is 1. The Labute approximate surface area is 141 Å². The average molecular weight is 330 g/mol. The second kappa shape index (κ2) is 7.15. The number of carbonyl (C=O) groups is 1. The number of nitrogens with zero attached hydrogens (tertiary/aromatic N) is 1. The van der Waals surface area contributed by atoms with Gasteiger partial charge in [0.05, 0.1) is 6.54 Å². The lowest BCUT2D eigenvalue weighted by molar-refractivity contribution is 0.181. The normalized spacial score (nSPS) is 15.7. The van der Waals surface area contributed by atoms with Crippen molar-refractivity contribution < 1.29 is 9.53 Å². The van der Waals surface area contributed by atoms with Crippen LogP contribution in [0.4, 0.5) is 10.5 Å². The molecule has 4 nitrogen and oxygen atoms in total. The molecule has 23 heavy (non-hydrogen) atoms. The molecule has 5 heteroatoms. The van der Waals surface area contributed by atoms with E-state index in [-0.39, 0.29) is 12.1 Å². The highest BCUT2D eigenvalue weighted by molar-refractivity contribution is 7.10. The Morgan fingerprint density at radius 1 is 1.39 bits per heavy atom. The fourth-order valence-electron chi connectivity index (χ4n) is 2.79. The molecule has 0 saturated carbocycles. The highest BCUT2D eigenvalue weighted by atomic mass is 32.1. The van der Waals surface area contributed by atoms with Crippen LogP contribution in [0.1, 0.15) is 35.9 Å². The topological polar surface area (TPSA) is 41.6 Å². The van der Waals surface area contributed by atoms with E-state index in [9.17, 15) is 4.79 Å². The summed E-state index contributed by atoms with van der Waals surface area (Å²) in [6, 6.07) is 10.5. The first kappa shape index (κ1) is 16.0. The van der Waals surface area contributed by atoms with Crippen LogP contribution in [0.15, 0.2) is 35.7 Å². The Balaban J connectivity index is 1.67. The van der Waals surface area contributed by atoms with Gasteiger partial charge in [-0.3, -0.25) is 4.90 Å². The summed E-state index contributed by atoms with van der Waals surface area (Å²) in [7, 11) is 0. The summed E-state index contributed by atoms with van der Waals surface area (Å²) >= 11 is 1.80. The van der Waals surface area contributed by atoms with Crippen molar-refractivity contribution in [1.29, 1.82) is 0 Å². The molecule has 2 aromatic rings. The fraction of sp³-hybridized carbons (Fsp3) is 0.389. The maximum absolute atomic E-state index is 11.7. The second-order valence-corrected chi connectivity index (χ2v) is 6.69. The van der Waals surface area contributed by atoms with Crippen LogP contribution in [-0.2, 0) is 17.7 Å². The molecule has 1 atom stereocenters. The molecule has 0 unspecified atom stereocenters. The van der Waals surface area contributed by atoms with Gasteiger partial charge in [-0.25, -0.2) is 4.79 Å². The van der Waals surface area contributed by atoms with E-state index in [1.54, 1.807) is 16.2 Å². The zero-order valence-electron chi connectivity index (χ0n) is 13.5. The van der Waals surface area contributed by atoms with Gasteiger partial charge < -0.3 is 10.1 Å². The molecule has 3 rings (SSSR count). The second-order valence-electron chi connectivity index (χ2n) is 5.69. The van der Waals surface area contributed by atoms with Crippen molar-refractivity contribution in [2.75, 3.05) is 18.1 Å². The maximum atomic E-state index is 11.7. The van der Waals surface area contributed by atoms with Crippen LogP contribution in [0.5, 0.6) is 0 Å². The van der Waals surface area contributed by atoms with Gasteiger partial charge in [-0.05, 0) is 48.1 Å². The number of nitrogens with one attached hydrogen (secondary N) is 1. The number of anilines is 1. The van der Waals surface area contributed by atoms with Gasteiger partial charge in [0, 0.05) is 23.2 Å². The fourth-order valence-corrected chi connectivity index (χ4v) is 3.72.